The number of carbonyl (C=O) groups excluding carboxylic acids is 2. The number of furan rings is 1. The molecular weight excluding hydrogens is 332 g/mol. The number of Topliss-reactive ketones (excluding diaryl/α,β-unsaturated/α-hetero) is 1. The van der Waals surface area contributed by atoms with Crippen molar-refractivity contribution < 1.29 is 23.5 Å². The van der Waals surface area contributed by atoms with E-state index in [0.29, 0.717) is 11.3 Å². The van der Waals surface area contributed by atoms with Crippen molar-refractivity contribution in [1.29, 1.82) is 0 Å². The zero-order valence-corrected chi connectivity index (χ0v) is 13.9. The first-order valence-electron chi connectivity index (χ1n) is 8.01. The molecule has 128 valence electrons. The monoisotopic (exact) mass is 346 g/mol. The Bertz CT molecular complexity index is 1010. The lowest BCUT2D eigenvalue weighted by molar-refractivity contribution is 0.0701. The number of fused-ring (bicyclic) bond motifs is 1. The van der Waals surface area contributed by atoms with E-state index in [9.17, 15) is 9.59 Å². The topological polar surface area (TPSA) is 65.7 Å². The Morgan fingerprint density at radius 3 is 2.62 bits per heavy atom. The number of hydrogen-bond acceptors (Lipinski definition) is 5. The van der Waals surface area contributed by atoms with Crippen LogP contribution in [0.2, 0.25) is 0 Å². The van der Waals surface area contributed by atoms with Crippen molar-refractivity contribution in [2.75, 3.05) is 0 Å². The summed E-state index contributed by atoms with van der Waals surface area (Å²) >= 11 is 0. The van der Waals surface area contributed by atoms with E-state index in [1.165, 1.54) is 18.4 Å². The highest BCUT2D eigenvalue weighted by molar-refractivity contribution is 6.14. The Hall–Kier alpha value is -3.60. The van der Waals surface area contributed by atoms with Crippen LogP contribution in [-0.2, 0) is 0 Å². The smallest absolute Gasteiger partial charge is 0.379 e. The predicted molar refractivity (Wildman–Crippen MR) is 94.2 cm³/mol. The van der Waals surface area contributed by atoms with Crippen LogP contribution < -0.4 is 9.47 Å². The molecule has 2 aromatic carbocycles. The number of rotatable bonds is 3. The number of carbonyl (C=O) groups is 2. The fraction of sp³-hybridized carbons (Fsp3) is 0.0476. The molecule has 0 aliphatic carbocycles. The van der Waals surface area contributed by atoms with E-state index in [1.54, 1.807) is 24.3 Å². The van der Waals surface area contributed by atoms with Crippen LogP contribution >= 0.6 is 0 Å². The molecule has 0 spiro atoms. The molecule has 0 fully saturated rings. The van der Waals surface area contributed by atoms with E-state index in [0.717, 1.165) is 11.1 Å². The highest BCUT2D eigenvalue weighted by Gasteiger charge is 2.28. The maximum absolute atomic E-state index is 12.5. The molecule has 5 heteroatoms. The lowest BCUT2D eigenvalue weighted by Crippen LogP contribution is -2.07. The number of aryl methyl sites for hydroxylation is 1. The Balaban J connectivity index is 1.56. The van der Waals surface area contributed by atoms with Crippen LogP contribution in [0.3, 0.4) is 0 Å². The molecule has 0 N–H and O–H groups in total. The second kappa shape index (κ2) is 6.37. The maximum Gasteiger partial charge on any atom is 0.379 e. The summed E-state index contributed by atoms with van der Waals surface area (Å²) in [6.07, 6.45) is 3.08. The summed E-state index contributed by atoms with van der Waals surface area (Å²) in [5.41, 5.74) is 2.44. The van der Waals surface area contributed by atoms with Gasteiger partial charge in [0.05, 0.1) is 11.8 Å². The molecule has 3 aromatic rings. The van der Waals surface area contributed by atoms with Crippen molar-refractivity contribution in [1.82, 2.24) is 0 Å². The van der Waals surface area contributed by atoms with Crippen LogP contribution in [0.15, 0.2) is 71.0 Å². The quantitative estimate of drug-likeness (QED) is 0.399. The van der Waals surface area contributed by atoms with Crippen LogP contribution in [0.25, 0.3) is 6.08 Å². The van der Waals surface area contributed by atoms with E-state index in [1.807, 2.05) is 31.2 Å². The average Bonchev–Trinajstić information content (AvgIpc) is 3.26. The molecule has 4 rings (SSSR count). The third-order valence-electron chi connectivity index (χ3n) is 3.95. The molecule has 0 saturated carbocycles. The van der Waals surface area contributed by atoms with Crippen LogP contribution in [0.1, 0.15) is 32.0 Å². The molecule has 1 aromatic heterocycles. The van der Waals surface area contributed by atoms with Crippen molar-refractivity contribution in [2.45, 2.75) is 6.92 Å². The van der Waals surface area contributed by atoms with Gasteiger partial charge in [0.25, 0.3) is 0 Å². The van der Waals surface area contributed by atoms with Gasteiger partial charge in [0.15, 0.2) is 5.76 Å². The second-order valence-corrected chi connectivity index (χ2v) is 5.88. The molecule has 0 amide bonds. The highest BCUT2D eigenvalue weighted by Crippen LogP contribution is 2.35. The van der Waals surface area contributed by atoms with Gasteiger partial charge in [-0.3, -0.25) is 4.79 Å². The van der Waals surface area contributed by atoms with E-state index in [2.05, 4.69) is 0 Å². The van der Waals surface area contributed by atoms with E-state index in [4.69, 9.17) is 13.9 Å². The van der Waals surface area contributed by atoms with Gasteiger partial charge in [-0.25, -0.2) is 4.79 Å². The van der Waals surface area contributed by atoms with Crippen LogP contribution in [0.5, 0.6) is 11.5 Å². The Morgan fingerprint density at radius 1 is 1.08 bits per heavy atom. The Labute approximate surface area is 149 Å². The van der Waals surface area contributed by atoms with Gasteiger partial charge >= 0.3 is 5.97 Å². The normalized spacial score (nSPS) is 14.2. The summed E-state index contributed by atoms with van der Waals surface area (Å²) in [6.45, 7) is 2.00. The van der Waals surface area contributed by atoms with Crippen molar-refractivity contribution in [3.05, 3.63) is 89.1 Å². The number of hydrogen-bond donors (Lipinski definition) is 0. The molecule has 0 saturated heterocycles. The van der Waals surface area contributed by atoms with Gasteiger partial charge in [-0.05, 0) is 42.8 Å². The first-order valence-corrected chi connectivity index (χ1v) is 8.01. The lowest BCUT2D eigenvalue weighted by Gasteiger charge is -2.04. The van der Waals surface area contributed by atoms with E-state index in [-0.39, 0.29) is 23.1 Å². The highest BCUT2D eigenvalue weighted by atomic mass is 16.5. The third kappa shape index (κ3) is 3.02. The fourth-order valence-electron chi connectivity index (χ4n) is 2.60. The van der Waals surface area contributed by atoms with Crippen molar-refractivity contribution >= 4 is 17.8 Å². The van der Waals surface area contributed by atoms with E-state index >= 15 is 0 Å². The van der Waals surface area contributed by atoms with Crippen LogP contribution in [0, 0.1) is 6.92 Å². The summed E-state index contributed by atoms with van der Waals surface area (Å²) in [4.78, 5) is 24.4. The summed E-state index contributed by atoms with van der Waals surface area (Å²) in [7, 11) is 0. The molecule has 26 heavy (non-hydrogen) atoms. The molecule has 1 aliphatic heterocycles. The van der Waals surface area contributed by atoms with Gasteiger partial charge in [0.1, 0.15) is 11.5 Å². The SMILES string of the molecule is Cc1ccc(/C=C2\Oc3cc(OC(=O)c4ccco4)ccc3C2=O)cc1. The van der Waals surface area contributed by atoms with Gasteiger partial charge in [0.2, 0.25) is 11.5 Å². The maximum atomic E-state index is 12.5. The zero-order chi connectivity index (χ0) is 18.1. The first kappa shape index (κ1) is 15.9. The molecule has 1 aliphatic rings. The molecule has 2 heterocycles. The molecule has 0 unspecified atom stereocenters. The van der Waals surface area contributed by atoms with Gasteiger partial charge < -0.3 is 13.9 Å². The van der Waals surface area contributed by atoms with Gasteiger partial charge in [-0.2, -0.15) is 0 Å². The van der Waals surface area contributed by atoms with Crippen LogP contribution in [-0.4, -0.2) is 11.8 Å². The molecule has 5 nitrogen and oxygen atoms in total. The van der Waals surface area contributed by atoms with Crippen molar-refractivity contribution in [2.24, 2.45) is 0 Å². The number of allylic oxidation sites excluding steroid dienone is 1. The number of ketones is 1. The van der Waals surface area contributed by atoms with Crippen molar-refractivity contribution in [3.63, 3.8) is 0 Å². The second-order valence-electron chi connectivity index (χ2n) is 5.88. The number of esters is 1. The molecule has 0 radical (unpaired) electrons. The zero-order valence-electron chi connectivity index (χ0n) is 13.9. The third-order valence-corrected chi connectivity index (χ3v) is 3.95. The molecular formula is C21H14O5. The lowest BCUT2D eigenvalue weighted by atomic mass is 10.1. The van der Waals surface area contributed by atoms with E-state index < -0.39 is 5.97 Å². The minimum atomic E-state index is -0.616. The summed E-state index contributed by atoms with van der Waals surface area (Å²) < 4.78 is 15.9. The summed E-state index contributed by atoms with van der Waals surface area (Å²) in [5, 5.41) is 0. The fourth-order valence-corrected chi connectivity index (χ4v) is 2.60. The standard InChI is InChI=1S/C21H14O5/c1-13-4-6-14(7-5-13)11-19-20(22)16-9-8-15(12-18(16)26-19)25-21(23)17-3-2-10-24-17/h2-12H,1H3/b19-11-. The Morgan fingerprint density at radius 2 is 1.88 bits per heavy atom. The predicted octanol–water partition coefficient (Wildman–Crippen LogP) is 4.42. The number of ether oxygens (including phenoxy) is 2. The average molecular weight is 346 g/mol. The first-order chi connectivity index (χ1) is 12.6. The van der Waals surface area contributed by atoms with Gasteiger partial charge in [-0.1, -0.05) is 29.8 Å². The van der Waals surface area contributed by atoms with Crippen LogP contribution in [0.4, 0.5) is 0 Å². The minimum absolute atomic E-state index is 0.0995. The van der Waals surface area contributed by atoms with Gasteiger partial charge in [0, 0.05) is 6.07 Å². The number of benzene rings is 2. The Kier molecular flexibility index (Phi) is 3.89. The largest absolute Gasteiger partial charge is 0.457 e. The van der Waals surface area contributed by atoms with Gasteiger partial charge in [-0.15, -0.1) is 0 Å². The molecule has 0 atom stereocenters. The summed E-state index contributed by atoms with van der Waals surface area (Å²) in [6, 6.07) is 15.5. The summed E-state index contributed by atoms with van der Waals surface area (Å²) in [5.74, 6) is 0.146. The molecule has 0 bridgehead atoms. The minimum Gasteiger partial charge on any atom is -0.457 e. The van der Waals surface area contributed by atoms with Crippen molar-refractivity contribution in [3.8, 4) is 11.5 Å².